The molecule has 2 aromatic rings. The number of anilines is 2. The van der Waals surface area contributed by atoms with Crippen LogP contribution in [0.1, 0.15) is 25.1 Å². The zero-order chi connectivity index (χ0) is 15.4. The zero-order valence-electron chi connectivity index (χ0n) is 12.5. The van der Waals surface area contributed by atoms with Crippen molar-refractivity contribution >= 4 is 11.4 Å². The maximum atomic E-state index is 13.8. The molecule has 0 aliphatic carbocycles. The average molecular weight is 289 g/mol. The lowest BCUT2D eigenvalue weighted by molar-refractivity contribution is 0.231. The van der Waals surface area contributed by atoms with Crippen LogP contribution in [0.4, 0.5) is 15.8 Å². The Morgan fingerprint density at radius 2 is 2.10 bits per heavy atom. The maximum absolute atomic E-state index is 13.8. The van der Waals surface area contributed by atoms with Gasteiger partial charge in [-0.2, -0.15) is 0 Å². The number of aromatic nitrogens is 1. The van der Waals surface area contributed by atoms with Crippen LogP contribution in [0.2, 0.25) is 0 Å². The molecule has 4 nitrogen and oxygen atoms in total. The summed E-state index contributed by atoms with van der Waals surface area (Å²) in [4.78, 5) is 4.23. The second kappa shape index (κ2) is 6.43. The van der Waals surface area contributed by atoms with Gasteiger partial charge in [0, 0.05) is 30.6 Å². The van der Waals surface area contributed by atoms with E-state index in [2.05, 4.69) is 10.3 Å². The lowest BCUT2D eigenvalue weighted by Crippen LogP contribution is -2.09. The molecule has 0 spiro atoms. The number of nitrogen functional groups attached to an aromatic ring is 1. The smallest absolute Gasteiger partial charge is 0.167 e. The summed E-state index contributed by atoms with van der Waals surface area (Å²) in [6, 6.07) is 6.79. The summed E-state index contributed by atoms with van der Waals surface area (Å²) in [6.07, 6.45) is 1.70. The van der Waals surface area contributed by atoms with Crippen LogP contribution < -0.4 is 15.8 Å². The molecule has 0 saturated heterocycles. The number of hydrogen-bond donors (Lipinski definition) is 2. The van der Waals surface area contributed by atoms with E-state index in [1.807, 2.05) is 32.9 Å². The van der Waals surface area contributed by atoms with Crippen molar-refractivity contribution in [2.75, 3.05) is 11.1 Å². The highest BCUT2D eigenvalue weighted by Gasteiger charge is 2.10. The van der Waals surface area contributed by atoms with Crippen LogP contribution in [-0.4, -0.2) is 11.1 Å². The number of nitrogens with two attached hydrogens (primary N) is 1. The Balaban J connectivity index is 2.13. The molecule has 0 aliphatic heterocycles. The number of nitrogens with one attached hydrogen (secondary N) is 1. The summed E-state index contributed by atoms with van der Waals surface area (Å²) in [5, 5.41) is 3.18. The molecule has 1 heterocycles. The highest BCUT2D eigenvalue weighted by molar-refractivity contribution is 5.68. The van der Waals surface area contributed by atoms with Gasteiger partial charge < -0.3 is 15.8 Å². The van der Waals surface area contributed by atoms with Crippen molar-refractivity contribution in [1.29, 1.82) is 0 Å². The van der Waals surface area contributed by atoms with Crippen molar-refractivity contribution in [2.24, 2.45) is 0 Å². The fourth-order valence-electron chi connectivity index (χ4n) is 1.87. The van der Waals surface area contributed by atoms with E-state index >= 15 is 0 Å². The maximum Gasteiger partial charge on any atom is 0.167 e. The zero-order valence-corrected chi connectivity index (χ0v) is 12.5. The number of rotatable bonds is 5. The molecular formula is C16H20FN3O. The standard InChI is InChI=1S/C16H20FN3O/c1-10(2)21-16-7-15(14(18)6-13(16)17)20-9-12-5-4-11(3)19-8-12/h4-8,10,20H,9,18H2,1-3H3. The van der Waals surface area contributed by atoms with Gasteiger partial charge in [-0.25, -0.2) is 4.39 Å². The lowest BCUT2D eigenvalue weighted by atomic mass is 10.2. The van der Waals surface area contributed by atoms with Crippen LogP contribution >= 0.6 is 0 Å². The van der Waals surface area contributed by atoms with Crippen LogP contribution in [0.25, 0.3) is 0 Å². The van der Waals surface area contributed by atoms with Crippen molar-refractivity contribution < 1.29 is 9.13 Å². The Kier molecular flexibility index (Phi) is 4.62. The first-order chi connectivity index (χ1) is 9.95. The summed E-state index contributed by atoms with van der Waals surface area (Å²) in [7, 11) is 0. The number of hydrogen-bond acceptors (Lipinski definition) is 4. The largest absolute Gasteiger partial charge is 0.488 e. The van der Waals surface area contributed by atoms with Gasteiger partial charge in [-0.1, -0.05) is 6.07 Å². The Morgan fingerprint density at radius 3 is 2.71 bits per heavy atom. The first-order valence-electron chi connectivity index (χ1n) is 6.87. The van der Waals surface area contributed by atoms with E-state index in [1.54, 1.807) is 12.3 Å². The molecule has 0 amide bonds. The number of ether oxygens (including phenoxy) is 1. The molecule has 0 saturated carbocycles. The van der Waals surface area contributed by atoms with Gasteiger partial charge in [0.2, 0.25) is 0 Å². The normalized spacial score (nSPS) is 10.7. The quantitative estimate of drug-likeness (QED) is 0.827. The van der Waals surface area contributed by atoms with Crippen molar-refractivity contribution in [3.63, 3.8) is 0 Å². The van der Waals surface area contributed by atoms with Gasteiger partial charge in [-0.05, 0) is 32.4 Å². The summed E-state index contributed by atoms with van der Waals surface area (Å²) in [5.74, 6) is -0.257. The average Bonchev–Trinajstić information content (AvgIpc) is 2.42. The Hall–Kier alpha value is -2.30. The second-order valence-electron chi connectivity index (χ2n) is 5.20. The molecule has 5 heteroatoms. The van der Waals surface area contributed by atoms with Crippen LogP contribution in [-0.2, 0) is 6.54 Å². The topological polar surface area (TPSA) is 60.2 Å². The van der Waals surface area contributed by atoms with Crippen LogP contribution in [0.5, 0.6) is 5.75 Å². The molecule has 112 valence electrons. The van der Waals surface area contributed by atoms with E-state index < -0.39 is 5.82 Å². The van der Waals surface area contributed by atoms with Crippen LogP contribution in [0.3, 0.4) is 0 Å². The Labute approximate surface area is 124 Å². The molecule has 0 aliphatic rings. The summed E-state index contributed by atoms with van der Waals surface area (Å²) < 4.78 is 19.2. The van der Waals surface area contributed by atoms with Gasteiger partial charge in [0.05, 0.1) is 17.5 Å². The molecule has 3 N–H and O–H groups in total. The molecule has 2 rings (SSSR count). The van der Waals surface area contributed by atoms with Crippen molar-refractivity contribution in [1.82, 2.24) is 4.98 Å². The Morgan fingerprint density at radius 1 is 1.33 bits per heavy atom. The first-order valence-corrected chi connectivity index (χ1v) is 6.87. The predicted octanol–water partition coefficient (Wildman–Crippen LogP) is 3.51. The van der Waals surface area contributed by atoms with Crippen LogP contribution in [0.15, 0.2) is 30.5 Å². The molecule has 1 aromatic carbocycles. The molecule has 21 heavy (non-hydrogen) atoms. The van der Waals surface area contributed by atoms with Crippen molar-refractivity contribution in [3.8, 4) is 5.75 Å². The number of benzene rings is 1. The minimum Gasteiger partial charge on any atom is -0.488 e. The fourth-order valence-corrected chi connectivity index (χ4v) is 1.87. The number of nitrogens with zero attached hydrogens (tertiary/aromatic N) is 1. The summed E-state index contributed by atoms with van der Waals surface area (Å²) in [6.45, 7) is 6.19. The third kappa shape index (κ3) is 4.08. The third-order valence-electron chi connectivity index (χ3n) is 2.92. The van der Waals surface area contributed by atoms with Gasteiger partial charge in [-0.3, -0.25) is 4.98 Å². The van der Waals surface area contributed by atoms with E-state index in [4.69, 9.17) is 10.5 Å². The fraction of sp³-hybridized carbons (Fsp3) is 0.312. The highest BCUT2D eigenvalue weighted by atomic mass is 19.1. The first kappa shape index (κ1) is 15.1. The van der Waals surface area contributed by atoms with Gasteiger partial charge >= 0.3 is 0 Å². The van der Waals surface area contributed by atoms with Crippen molar-refractivity contribution in [3.05, 3.63) is 47.5 Å². The molecule has 0 bridgehead atoms. The molecule has 0 radical (unpaired) electrons. The molecular weight excluding hydrogens is 269 g/mol. The SMILES string of the molecule is Cc1ccc(CNc2cc(OC(C)C)c(F)cc2N)cn1. The molecule has 0 unspecified atom stereocenters. The van der Waals surface area contributed by atoms with E-state index in [1.165, 1.54) is 6.07 Å². The van der Waals surface area contributed by atoms with Crippen LogP contribution in [0, 0.1) is 12.7 Å². The van der Waals surface area contributed by atoms with Gasteiger partial charge in [0.1, 0.15) is 0 Å². The monoisotopic (exact) mass is 289 g/mol. The Bertz CT molecular complexity index is 612. The van der Waals surface area contributed by atoms with E-state index in [0.29, 0.717) is 17.9 Å². The minimum atomic E-state index is -0.455. The van der Waals surface area contributed by atoms with Gasteiger partial charge in [0.15, 0.2) is 11.6 Å². The minimum absolute atomic E-state index is 0.0997. The van der Waals surface area contributed by atoms with Crippen molar-refractivity contribution in [2.45, 2.75) is 33.4 Å². The highest BCUT2D eigenvalue weighted by Crippen LogP contribution is 2.29. The van der Waals surface area contributed by atoms with Gasteiger partial charge in [0.25, 0.3) is 0 Å². The van der Waals surface area contributed by atoms with E-state index in [9.17, 15) is 4.39 Å². The summed E-state index contributed by atoms with van der Waals surface area (Å²) >= 11 is 0. The summed E-state index contributed by atoms with van der Waals surface area (Å²) in [5.41, 5.74) is 8.82. The van der Waals surface area contributed by atoms with Gasteiger partial charge in [-0.15, -0.1) is 0 Å². The van der Waals surface area contributed by atoms with E-state index in [0.717, 1.165) is 11.3 Å². The predicted molar refractivity (Wildman–Crippen MR) is 82.9 cm³/mol. The molecule has 1 aromatic heterocycles. The second-order valence-corrected chi connectivity index (χ2v) is 5.20. The third-order valence-corrected chi connectivity index (χ3v) is 2.92. The number of aryl methyl sites for hydroxylation is 1. The number of halogens is 1. The lowest BCUT2D eigenvalue weighted by Gasteiger charge is -2.15. The van der Waals surface area contributed by atoms with E-state index in [-0.39, 0.29) is 11.9 Å². The molecule has 0 fully saturated rings. The molecule has 0 atom stereocenters. The number of pyridine rings is 1.